The molecule has 1 aliphatic heterocycles. The third-order valence-electron chi connectivity index (χ3n) is 3.33. The Kier molecular flexibility index (Phi) is 3.04. The van der Waals surface area contributed by atoms with Crippen molar-refractivity contribution in [2.75, 3.05) is 29.5 Å². The molecule has 0 saturated carbocycles. The summed E-state index contributed by atoms with van der Waals surface area (Å²) >= 11 is 2.05. The topological polar surface area (TPSA) is 42.2 Å². The number of fused-ring (bicyclic) bond motifs is 1. The summed E-state index contributed by atoms with van der Waals surface area (Å²) in [6, 6.07) is 8.09. The van der Waals surface area contributed by atoms with Crippen LogP contribution in [0.5, 0.6) is 0 Å². The number of hydrogen-bond donors (Lipinski definition) is 1. The fourth-order valence-corrected chi connectivity index (χ4v) is 3.48. The Labute approximate surface area is 111 Å². The average molecular weight is 259 g/mol. The summed E-state index contributed by atoms with van der Waals surface area (Å²) in [6.07, 6.45) is 1.88. The maximum absolute atomic E-state index is 5.82. The van der Waals surface area contributed by atoms with Crippen LogP contribution in [-0.2, 0) is 0 Å². The largest absolute Gasteiger partial charge is 0.399 e. The molecule has 0 spiro atoms. The highest BCUT2D eigenvalue weighted by Gasteiger charge is 2.18. The number of rotatable bonds is 1. The lowest BCUT2D eigenvalue weighted by molar-refractivity contribution is 0.785. The van der Waals surface area contributed by atoms with Gasteiger partial charge < -0.3 is 10.6 Å². The van der Waals surface area contributed by atoms with Crippen LogP contribution in [0.1, 0.15) is 6.92 Å². The molecular weight excluding hydrogens is 242 g/mol. The number of nitrogens with zero attached hydrogens (tertiary/aromatic N) is 2. The predicted molar refractivity (Wildman–Crippen MR) is 80.3 cm³/mol. The normalized spacial score (nSPS) is 20.3. The maximum Gasteiger partial charge on any atom is 0.0743 e. The van der Waals surface area contributed by atoms with E-state index in [1.165, 1.54) is 16.8 Å². The highest BCUT2D eigenvalue weighted by atomic mass is 32.2. The lowest BCUT2D eigenvalue weighted by Crippen LogP contribution is -2.36. The van der Waals surface area contributed by atoms with Gasteiger partial charge in [-0.15, -0.1) is 0 Å². The highest BCUT2D eigenvalue weighted by molar-refractivity contribution is 8.00. The van der Waals surface area contributed by atoms with Gasteiger partial charge in [-0.3, -0.25) is 4.98 Å². The number of nitrogen functional groups attached to an aromatic ring is 1. The summed E-state index contributed by atoms with van der Waals surface area (Å²) in [4.78, 5) is 6.86. The summed E-state index contributed by atoms with van der Waals surface area (Å²) < 4.78 is 0. The number of aromatic nitrogens is 1. The summed E-state index contributed by atoms with van der Waals surface area (Å²) in [6.45, 7) is 4.50. The first kappa shape index (κ1) is 11.7. The van der Waals surface area contributed by atoms with Gasteiger partial charge in [-0.25, -0.2) is 0 Å². The predicted octanol–water partition coefficient (Wildman–Crippen LogP) is 2.76. The lowest BCUT2D eigenvalue weighted by atomic mass is 10.1. The Morgan fingerprint density at radius 3 is 3.11 bits per heavy atom. The molecule has 0 radical (unpaired) electrons. The smallest absolute Gasteiger partial charge is 0.0743 e. The molecular formula is C14H17N3S. The summed E-state index contributed by atoms with van der Waals surface area (Å²) in [5, 5.41) is 1.89. The number of nitrogens with two attached hydrogens (primary N) is 1. The van der Waals surface area contributed by atoms with E-state index in [-0.39, 0.29) is 0 Å². The fraction of sp³-hybridized carbons (Fsp3) is 0.357. The van der Waals surface area contributed by atoms with Crippen LogP contribution in [0, 0.1) is 0 Å². The summed E-state index contributed by atoms with van der Waals surface area (Å²) in [7, 11) is 0. The molecule has 3 nitrogen and oxygen atoms in total. The van der Waals surface area contributed by atoms with Crippen LogP contribution in [0.3, 0.4) is 0 Å². The second-order valence-corrected chi connectivity index (χ2v) is 6.28. The van der Waals surface area contributed by atoms with Crippen molar-refractivity contribution in [2.45, 2.75) is 12.2 Å². The second-order valence-electron chi connectivity index (χ2n) is 4.73. The van der Waals surface area contributed by atoms with Gasteiger partial charge >= 0.3 is 0 Å². The van der Waals surface area contributed by atoms with E-state index >= 15 is 0 Å². The van der Waals surface area contributed by atoms with E-state index in [0.717, 1.165) is 24.3 Å². The van der Waals surface area contributed by atoms with Crippen molar-refractivity contribution in [1.82, 2.24) is 4.98 Å². The van der Waals surface area contributed by atoms with Crippen LogP contribution < -0.4 is 10.6 Å². The Balaban J connectivity index is 2.05. The van der Waals surface area contributed by atoms with E-state index in [1.807, 2.05) is 30.1 Å². The summed E-state index contributed by atoms with van der Waals surface area (Å²) in [5.74, 6) is 1.19. The molecule has 18 heavy (non-hydrogen) atoms. The summed E-state index contributed by atoms with van der Waals surface area (Å²) in [5.41, 5.74) is 8.86. The van der Waals surface area contributed by atoms with E-state index < -0.39 is 0 Å². The zero-order valence-electron chi connectivity index (χ0n) is 10.5. The van der Waals surface area contributed by atoms with Crippen LogP contribution in [-0.4, -0.2) is 29.1 Å². The number of hydrogen-bond acceptors (Lipinski definition) is 4. The van der Waals surface area contributed by atoms with Crippen LogP contribution in [0.4, 0.5) is 11.4 Å². The molecule has 94 valence electrons. The monoisotopic (exact) mass is 259 g/mol. The number of thioether (sulfide) groups is 1. The van der Waals surface area contributed by atoms with Gasteiger partial charge in [-0.2, -0.15) is 11.8 Å². The van der Waals surface area contributed by atoms with Crippen LogP contribution in [0.2, 0.25) is 0 Å². The van der Waals surface area contributed by atoms with E-state index in [0.29, 0.717) is 5.25 Å². The molecule has 1 aromatic carbocycles. The average Bonchev–Trinajstić information content (AvgIpc) is 2.37. The minimum Gasteiger partial charge on any atom is -0.399 e. The van der Waals surface area contributed by atoms with E-state index in [1.54, 1.807) is 0 Å². The first-order chi connectivity index (χ1) is 8.74. The molecule has 2 N–H and O–H groups in total. The highest BCUT2D eigenvalue weighted by Crippen LogP contribution is 2.30. The minimum absolute atomic E-state index is 0.691. The Bertz CT molecular complexity index is 570. The van der Waals surface area contributed by atoms with Gasteiger partial charge in [-0.1, -0.05) is 6.92 Å². The number of anilines is 2. The Morgan fingerprint density at radius 2 is 2.28 bits per heavy atom. The molecule has 1 atom stereocenters. The molecule has 3 rings (SSSR count). The van der Waals surface area contributed by atoms with Gasteiger partial charge in [0.1, 0.15) is 0 Å². The second kappa shape index (κ2) is 4.69. The van der Waals surface area contributed by atoms with Gasteiger partial charge in [0.2, 0.25) is 0 Å². The zero-order chi connectivity index (χ0) is 12.5. The molecule has 4 heteroatoms. The van der Waals surface area contributed by atoms with Gasteiger partial charge in [0, 0.05) is 47.1 Å². The third kappa shape index (κ3) is 2.12. The first-order valence-corrected chi connectivity index (χ1v) is 7.30. The first-order valence-electron chi connectivity index (χ1n) is 6.25. The van der Waals surface area contributed by atoms with Gasteiger partial charge in [0.15, 0.2) is 0 Å². The molecule has 0 amide bonds. The van der Waals surface area contributed by atoms with Crippen molar-refractivity contribution in [3.63, 3.8) is 0 Å². The van der Waals surface area contributed by atoms with Crippen LogP contribution >= 0.6 is 11.8 Å². The van der Waals surface area contributed by atoms with Crippen molar-refractivity contribution < 1.29 is 0 Å². The van der Waals surface area contributed by atoms with Crippen molar-refractivity contribution in [3.05, 3.63) is 30.5 Å². The number of pyridine rings is 1. The van der Waals surface area contributed by atoms with Crippen molar-refractivity contribution >= 4 is 34.0 Å². The quantitative estimate of drug-likeness (QED) is 0.800. The van der Waals surface area contributed by atoms with Crippen LogP contribution in [0.15, 0.2) is 30.5 Å². The van der Waals surface area contributed by atoms with Crippen molar-refractivity contribution in [2.24, 2.45) is 0 Å². The standard InChI is InChI=1S/C14H17N3S/c1-10-9-17(6-7-18-10)14-4-5-16-13-8-11(15)2-3-12(13)14/h2-5,8,10H,6-7,9,15H2,1H3. The molecule has 1 saturated heterocycles. The molecule has 2 heterocycles. The lowest BCUT2D eigenvalue weighted by Gasteiger charge is -2.33. The van der Waals surface area contributed by atoms with Crippen molar-refractivity contribution in [3.8, 4) is 0 Å². The minimum atomic E-state index is 0.691. The van der Waals surface area contributed by atoms with Crippen molar-refractivity contribution in [1.29, 1.82) is 0 Å². The fourth-order valence-electron chi connectivity index (χ4n) is 2.46. The third-order valence-corrected chi connectivity index (χ3v) is 4.46. The molecule has 2 aromatic rings. The van der Waals surface area contributed by atoms with Crippen LogP contribution in [0.25, 0.3) is 10.9 Å². The molecule has 1 unspecified atom stereocenters. The van der Waals surface area contributed by atoms with Gasteiger partial charge in [0.05, 0.1) is 5.52 Å². The molecule has 1 aromatic heterocycles. The molecule has 0 bridgehead atoms. The molecule has 1 aliphatic rings. The van der Waals surface area contributed by atoms with Gasteiger partial charge in [-0.05, 0) is 24.3 Å². The van der Waals surface area contributed by atoms with E-state index in [2.05, 4.69) is 28.9 Å². The molecule has 0 aliphatic carbocycles. The molecule has 1 fully saturated rings. The zero-order valence-corrected chi connectivity index (χ0v) is 11.3. The Morgan fingerprint density at radius 1 is 1.39 bits per heavy atom. The maximum atomic E-state index is 5.82. The van der Waals surface area contributed by atoms with E-state index in [4.69, 9.17) is 5.73 Å². The Hall–Kier alpha value is -1.42. The van der Waals surface area contributed by atoms with Gasteiger partial charge in [0.25, 0.3) is 0 Å². The van der Waals surface area contributed by atoms with E-state index in [9.17, 15) is 0 Å². The SMILES string of the molecule is CC1CN(c2ccnc3cc(N)ccc23)CCS1. The number of benzene rings is 1.